The van der Waals surface area contributed by atoms with Crippen molar-refractivity contribution in [3.63, 3.8) is 0 Å². The van der Waals surface area contributed by atoms with Crippen LogP contribution in [0.5, 0.6) is 0 Å². The second-order valence-electron chi connectivity index (χ2n) is 7.72. The number of fused-ring (bicyclic) bond motifs is 2. The van der Waals surface area contributed by atoms with Gasteiger partial charge in [-0.15, -0.1) is 11.3 Å². The number of aromatic amines is 1. The Labute approximate surface area is 198 Å². The second-order valence-corrected chi connectivity index (χ2v) is 9.71. The molecule has 0 spiro atoms. The summed E-state index contributed by atoms with van der Waals surface area (Å²) < 4.78 is 7.64. The van der Waals surface area contributed by atoms with E-state index in [0.717, 1.165) is 27.8 Å². The Kier molecular flexibility index (Phi) is 5.86. The zero-order chi connectivity index (χ0) is 22.9. The molecule has 0 bridgehead atoms. The normalized spacial score (nSPS) is 16.2. The van der Waals surface area contributed by atoms with Crippen LogP contribution in [0.15, 0.2) is 69.0 Å². The van der Waals surface area contributed by atoms with Gasteiger partial charge in [0.25, 0.3) is 5.56 Å². The number of thiophene rings is 1. The van der Waals surface area contributed by atoms with E-state index in [4.69, 9.17) is 9.73 Å². The van der Waals surface area contributed by atoms with Crippen LogP contribution >= 0.6 is 22.7 Å². The molecule has 4 heterocycles. The number of rotatable bonds is 6. The van der Waals surface area contributed by atoms with Gasteiger partial charge in [0.1, 0.15) is 6.04 Å². The van der Waals surface area contributed by atoms with E-state index in [0.29, 0.717) is 27.0 Å². The predicted molar refractivity (Wildman–Crippen MR) is 132 cm³/mol. The SMILES string of the molecule is CCCC1=C(C(=O)OCC)C(c2cccs2)n2c(s/c(=C/c3c[nH]c4ccccc34)c2=O)=N1. The highest BCUT2D eigenvalue weighted by atomic mass is 32.1. The number of hydrogen-bond donors (Lipinski definition) is 1. The Balaban J connectivity index is 1.75. The molecule has 1 aliphatic rings. The van der Waals surface area contributed by atoms with E-state index in [1.165, 1.54) is 22.7 Å². The molecule has 5 rings (SSSR count). The first-order valence-corrected chi connectivity index (χ1v) is 12.6. The molecule has 3 aromatic heterocycles. The molecular formula is C25H23N3O3S2. The number of ether oxygens (including phenoxy) is 1. The molecule has 1 atom stereocenters. The van der Waals surface area contributed by atoms with E-state index >= 15 is 0 Å². The highest BCUT2D eigenvalue weighted by Crippen LogP contribution is 2.34. The van der Waals surface area contributed by atoms with Crippen LogP contribution in [-0.4, -0.2) is 22.1 Å². The van der Waals surface area contributed by atoms with E-state index in [9.17, 15) is 9.59 Å². The molecule has 0 saturated heterocycles. The zero-order valence-corrected chi connectivity index (χ0v) is 20.0. The Bertz CT molecular complexity index is 1540. The number of carbonyl (C=O) groups is 1. The fraction of sp³-hybridized carbons (Fsp3) is 0.240. The Morgan fingerprint density at radius 3 is 2.85 bits per heavy atom. The summed E-state index contributed by atoms with van der Waals surface area (Å²) in [4.78, 5) is 36.3. The first-order valence-electron chi connectivity index (χ1n) is 10.9. The van der Waals surface area contributed by atoms with Crippen LogP contribution in [0.2, 0.25) is 0 Å². The quantitative estimate of drug-likeness (QED) is 0.425. The molecule has 0 radical (unpaired) electrons. The smallest absolute Gasteiger partial charge is 0.338 e. The summed E-state index contributed by atoms with van der Waals surface area (Å²) in [5.74, 6) is -0.408. The number of nitrogens with one attached hydrogen (secondary N) is 1. The first-order chi connectivity index (χ1) is 16.1. The molecule has 1 unspecified atom stereocenters. The molecule has 6 nitrogen and oxygen atoms in total. The number of aromatic nitrogens is 2. The lowest BCUT2D eigenvalue weighted by Gasteiger charge is -2.24. The summed E-state index contributed by atoms with van der Waals surface area (Å²) >= 11 is 2.88. The van der Waals surface area contributed by atoms with Crippen molar-refractivity contribution in [3.8, 4) is 0 Å². The highest BCUT2D eigenvalue weighted by Gasteiger charge is 2.34. The first kappa shape index (κ1) is 21.6. The fourth-order valence-electron chi connectivity index (χ4n) is 4.19. The number of thiazole rings is 1. The minimum absolute atomic E-state index is 0.153. The molecule has 1 aromatic carbocycles. The summed E-state index contributed by atoms with van der Waals surface area (Å²) in [6, 6.07) is 11.4. The Morgan fingerprint density at radius 2 is 2.09 bits per heavy atom. The summed E-state index contributed by atoms with van der Waals surface area (Å²) in [5, 5.41) is 3.01. The van der Waals surface area contributed by atoms with Gasteiger partial charge in [-0.3, -0.25) is 9.36 Å². The monoisotopic (exact) mass is 477 g/mol. The van der Waals surface area contributed by atoms with Gasteiger partial charge >= 0.3 is 5.97 Å². The highest BCUT2D eigenvalue weighted by molar-refractivity contribution is 7.10. The van der Waals surface area contributed by atoms with Crippen molar-refractivity contribution in [3.05, 3.63) is 89.4 Å². The number of carbonyl (C=O) groups excluding carboxylic acids is 1. The van der Waals surface area contributed by atoms with Crippen LogP contribution in [0.25, 0.3) is 17.0 Å². The van der Waals surface area contributed by atoms with E-state index in [1.54, 1.807) is 11.5 Å². The van der Waals surface area contributed by atoms with Crippen LogP contribution in [0, 0.1) is 0 Å². The lowest BCUT2D eigenvalue weighted by molar-refractivity contribution is -0.139. The van der Waals surface area contributed by atoms with Gasteiger partial charge in [0, 0.05) is 27.5 Å². The van der Waals surface area contributed by atoms with Gasteiger partial charge in [0.15, 0.2) is 4.80 Å². The molecular weight excluding hydrogens is 454 g/mol. The molecule has 0 amide bonds. The summed E-state index contributed by atoms with van der Waals surface area (Å²) in [7, 11) is 0. The van der Waals surface area contributed by atoms with Crippen LogP contribution in [0.1, 0.15) is 43.2 Å². The fourth-order valence-corrected chi connectivity index (χ4v) is 6.03. The predicted octanol–water partition coefficient (Wildman–Crippen LogP) is 4.12. The van der Waals surface area contributed by atoms with Crippen molar-refractivity contribution in [1.82, 2.24) is 9.55 Å². The summed E-state index contributed by atoms with van der Waals surface area (Å²) in [6.45, 7) is 4.11. The van der Waals surface area contributed by atoms with Crippen LogP contribution in [0.4, 0.5) is 0 Å². The minimum Gasteiger partial charge on any atom is -0.463 e. The van der Waals surface area contributed by atoms with E-state index in [1.807, 2.05) is 54.1 Å². The molecule has 1 N–H and O–H groups in total. The maximum atomic E-state index is 13.7. The second kappa shape index (κ2) is 8.96. The van der Waals surface area contributed by atoms with Crippen molar-refractivity contribution in [2.24, 2.45) is 4.99 Å². The molecule has 1 aliphatic heterocycles. The van der Waals surface area contributed by atoms with Gasteiger partial charge < -0.3 is 9.72 Å². The van der Waals surface area contributed by atoms with Crippen LogP contribution in [0.3, 0.4) is 0 Å². The summed E-state index contributed by atoms with van der Waals surface area (Å²) in [5.41, 5.74) is 2.98. The van der Waals surface area contributed by atoms with E-state index in [-0.39, 0.29) is 12.2 Å². The topological polar surface area (TPSA) is 76.5 Å². The number of nitrogens with zero attached hydrogens (tertiary/aromatic N) is 2. The Morgan fingerprint density at radius 1 is 1.24 bits per heavy atom. The largest absolute Gasteiger partial charge is 0.463 e. The maximum Gasteiger partial charge on any atom is 0.338 e. The van der Waals surface area contributed by atoms with Crippen molar-refractivity contribution in [1.29, 1.82) is 0 Å². The van der Waals surface area contributed by atoms with Crippen molar-refractivity contribution >= 4 is 45.6 Å². The molecule has 33 heavy (non-hydrogen) atoms. The van der Waals surface area contributed by atoms with E-state index < -0.39 is 12.0 Å². The molecule has 8 heteroatoms. The minimum atomic E-state index is -0.535. The van der Waals surface area contributed by atoms with Gasteiger partial charge in [-0.2, -0.15) is 0 Å². The van der Waals surface area contributed by atoms with Gasteiger partial charge in [0.2, 0.25) is 0 Å². The maximum absolute atomic E-state index is 13.7. The third-order valence-corrected chi connectivity index (χ3v) is 7.52. The molecule has 168 valence electrons. The van der Waals surface area contributed by atoms with Gasteiger partial charge in [0.05, 0.1) is 22.4 Å². The third-order valence-electron chi connectivity index (χ3n) is 5.61. The van der Waals surface area contributed by atoms with Crippen molar-refractivity contribution in [2.75, 3.05) is 6.61 Å². The molecule has 0 fully saturated rings. The molecule has 4 aromatic rings. The number of hydrogen-bond acceptors (Lipinski definition) is 6. The number of para-hydroxylation sites is 1. The van der Waals surface area contributed by atoms with E-state index in [2.05, 4.69) is 11.9 Å². The number of benzene rings is 1. The van der Waals surface area contributed by atoms with Gasteiger partial charge in [-0.25, -0.2) is 9.79 Å². The standard InChI is InChI=1S/C25H23N3O3S2/c1-3-8-18-21(24(30)31-4-2)22(19-11-7-12-32-19)28-23(29)20(33-25(28)27-18)13-15-14-26-17-10-6-5-9-16(15)17/h5-7,9-14,22,26H,3-4,8H2,1-2H3/b20-13+. The number of esters is 1. The summed E-state index contributed by atoms with van der Waals surface area (Å²) in [6.07, 6.45) is 5.29. The van der Waals surface area contributed by atoms with Crippen molar-refractivity contribution < 1.29 is 9.53 Å². The number of H-pyrrole nitrogens is 1. The lowest BCUT2D eigenvalue weighted by Crippen LogP contribution is -2.39. The van der Waals surface area contributed by atoms with Crippen LogP contribution in [-0.2, 0) is 9.53 Å². The van der Waals surface area contributed by atoms with Gasteiger partial charge in [-0.05, 0) is 36.9 Å². The lowest BCUT2D eigenvalue weighted by atomic mass is 9.99. The van der Waals surface area contributed by atoms with Crippen LogP contribution < -0.4 is 14.9 Å². The zero-order valence-electron chi connectivity index (χ0n) is 18.3. The third kappa shape index (κ3) is 3.79. The molecule has 0 aliphatic carbocycles. The Hall–Kier alpha value is -3.23. The average molecular weight is 478 g/mol. The van der Waals surface area contributed by atoms with Gasteiger partial charge in [-0.1, -0.05) is 48.9 Å². The number of allylic oxidation sites excluding steroid dienone is 1. The molecule has 0 saturated carbocycles. The van der Waals surface area contributed by atoms with Crippen molar-refractivity contribution in [2.45, 2.75) is 32.7 Å². The average Bonchev–Trinajstić information content (AvgIpc) is 3.54.